The van der Waals surface area contributed by atoms with Gasteiger partial charge in [0.15, 0.2) is 0 Å². The molecule has 2 aromatic rings. The van der Waals surface area contributed by atoms with Crippen molar-refractivity contribution in [3.05, 3.63) is 72.7 Å². The molecule has 0 spiro atoms. The first-order valence-electron chi connectivity index (χ1n) is 5.15. The molecule has 18 heavy (non-hydrogen) atoms. The van der Waals surface area contributed by atoms with E-state index < -0.39 is 0 Å². The van der Waals surface area contributed by atoms with Gasteiger partial charge in [-0.3, -0.25) is 0 Å². The van der Waals surface area contributed by atoms with E-state index in [2.05, 4.69) is 22.6 Å². The first-order chi connectivity index (χ1) is 8.58. The molecule has 92 valence electrons. The van der Waals surface area contributed by atoms with Crippen LogP contribution in [0.5, 0.6) is 0 Å². The maximum Gasteiger partial charge on any atom is 0.115 e. The predicted molar refractivity (Wildman–Crippen MR) is 88.3 cm³/mol. The maximum absolute atomic E-state index is 6.00. The topological polar surface area (TPSA) is 0 Å². The average Bonchev–Trinajstić information content (AvgIpc) is 2.34. The predicted octanol–water partition coefficient (Wildman–Crippen LogP) is 6.14. The molecule has 0 aliphatic carbocycles. The Balaban J connectivity index is 2.51. The van der Waals surface area contributed by atoms with Gasteiger partial charge in [0, 0.05) is 14.2 Å². The molecule has 2 rings (SSSR count). The summed E-state index contributed by atoms with van der Waals surface area (Å²) in [6, 6.07) is 15.5. The van der Waals surface area contributed by atoms with Crippen molar-refractivity contribution < 1.29 is 0 Å². The molecule has 0 N–H and O–H groups in total. The van der Waals surface area contributed by atoms with Crippen molar-refractivity contribution in [1.29, 1.82) is 0 Å². The smallest absolute Gasteiger partial charge is 0.0843 e. The zero-order valence-electron chi connectivity index (χ0n) is 9.13. The molecule has 0 aliphatic rings. The first-order valence-corrected chi connectivity index (χ1v) is 7.36. The van der Waals surface area contributed by atoms with Crippen molar-refractivity contribution in [2.75, 3.05) is 0 Å². The van der Waals surface area contributed by atoms with Crippen LogP contribution in [-0.4, -0.2) is 0 Å². The number of benzene rings is 2. The Kier molecular flexibility index (Phi) is 4.96. The second-order valence-corrected chi connectivity index (χ2v) is 6.28. The summed E-state index contributed by atoms with van der Waals surface area (Å²) in [7, 11) is 0. The van der Waals surface area contributed by atoms with E-state index in [9.17, 15) is 0 Å². The minimum atomic E-state index is 0.249. The fraction of sp³-hybridized carbons (Fsp3) is 0. The number of rotatable bonds is 2. The molecule has 0 nitrogen and oxygen atoms in total. The molecular formula is C14H8Cl3I. The van der Waals surface area contributed by atoms with Crippen molar-refractivity contribution in [3.63, 3.8) is 0 Å². The lowest BCUT2D eigenvalue weighted by atomic mass is 10.00. The van der Waals surface area contributed by atoms with Crippen molar-refractivity contribution >= 4 is 63.0 Å². The lowest BCUT2D eigenvalue weighted by Gasteiger charge is -2.09. The van der Waals surface area contributed by atoms with Crippen molar-refractivity contribution in [2.24, 2.45) is 0 Å². The van der Waals surface area contributed by atoms with Crippen LogP contribution < -0.4 is 0 Å². The van der Waals surface area contributed by atoms with Crippen molar-refractivity contribution in [1.82, 2.24) is 0 Å². The van der Waals surface area contributed by atoms with Gasteiger partial charge in [0.25, 0.3) is 0 Å². The third kappa shape index (κ3) is 3.41. The third-order valence-corrected chi connectivity index (χ3v) is 3.80. The molecule has 0 unspecified atom stereocenters. The zero-order chi connectivity index (χ0) is 13.1. The third-order valence-electron chi connectivity index (χ3n) is 2.45. The molecule has 0 radical (unpaired) electrons. The van der Waals surface area contributed by atoms with Crippen molar-refractivity contribution in [3.8, 4) is 0 Å². The van der Waals surface area contributed by atoms with Gasteiger partial charge in [-0.15, -0.1) is 0 Å². The summed E-state index contributed by atoms with van der Waals surface area (Å²) in [6.45, 7) is 0. The molecule has 0 amide bonds. The summed E-state index contributed by atoms with van der Waals surface area (Å²) in [6.07, 6.45) is 0. The van der Waals surface area contributed by atoms with E-state index in [4.69, 9.17) is 34.8 Å². The molecule has 0 saturated heterocycles. The van der Waals surface area contributed by atoms with Gasteiger partial charge in [-0.25, -0.2) is 0 Å². The van der Waals surface area contributed by atoms with E-state index in [0.29, 0.717) is 5.02 Å². The van der Waals surface area contributed by atoms with Gasteiger partial charge in [-0.1, -0.05) is 59.1 Å². The van der Waals surface area contributed by atoms with Crippen LogP contribution in [0.3, 0.4) is 0 Å². The number of hydrogen-bond donors (Lipinski definition) is 0. The Bertz CT molecular complexity index is 519. The average molecular weight is 409 g/mol. The molecule has 4 heteroatoms. The molecule has 0 atom stereocenters. The SMILES string of the molecule is ClC(Cl)=C(c1ccc(Cl)cc1)c1ccc(I)cc1. The van der Waals surface area contributed by atoms with E-state index in [1.807, 2.05) is 48.5 Å². The summed E-state index contributed by atoms with van der Waals surface area (Å²) in [4.78, 5) is 0. The Morgan fingerprint density at radius 3 is 1.67 bits per heavy atom. The maximum atomic E-state index is 6.00. The minimum Gasteiger partial charge on any atom is -0.0843 e. The highest BCUT2D eigenvalue weighted by Gasteiger charge is 2.09. The van der Waals surface area contributed by atoms with Crippen LogP contribution in [0.25, 0.3) is 5.57 Å². The Morgan fingerprint density at radius 1 is 0.778 bits per heavy atom. The standard InChI is InChI=1S/C14H8Cl3I/c15-11-5-1-9(2-6-11)13(14(16)17)10-3-7-12(18)8-4-10/h1-8H. The normalized spacial score (nSPS) is 10.2. The van der Waals surface area contributed by atoms with Gasteiger partial charge in [-0.05, 0) is 58.0 Å². The highest BCUT2D eigenvalue weighted by Crippen LogP contribution is 2.31. The lowest BCUT2D eigenvalue weighted by Crippen LogP contribution is -1.89. The van der Waals surface area contributed by atoms with E-state index in [0.717, 1.165) is 20.3 Å². The largest absolute Gasteiger partial charge is 0.115 e. The lowest BCUT2D eigenvalue weighted by molar-refractivity contribution is 1.53. The Labute approximate surface area is 135 Å². The monoisotopic (exact) mass is 408 g/mol. The van der Waals surface area contributed by atoms with Crippen LogP contribution in [0, 0.1) is 3.57 Å². The van der Waals surface area contributed by atoms with Crippen LogP contribution in [0.4, 0.5) is 0 Å². The van der Waals surface area contributed by atoms with Crippen LogP contribution in [-0.2, 0) is 0 Å². The van der Waals surface area contributed by atoms with Gasteiger partial charge in [0.2, 0.25) is 0 Å². The van der Waals surface area contributed by atoms with Gasteiger partial charge in [0.1, 0.15) is 4.49 Å². The van der Waals surface area contributed by atoms with Gasteiger partial charge >= 0.3 is 0 Å². The van der Waals surface area contributed by atoms with E-state index >= 15 is 0 Å². The molecule has 0 heterocycles. The molecule has 0 bridgehead atoms. The highest BCUT2D eigenvalue weighted by atomic mass is 127. The van der Waals surface area contributed by atoms with Crippen LogP contribution in [0.1, 0.15) is 11.1 Å². The summed E-state index contributed by atoms with van der Waals surface area (Å²) in [5.41, 5.74) is 2.74. The summed E-state index contributed by atoms with van der Waals surface area (Å²) in [5, 5.41) is 0.686. The molecule has 0 aromatic heterocycles. The number of halogens is 4. The minimum absolute atomic E-state index is 0.249. The molecular weight excluding hydrogens is 401 g/mol. The van der Waals surface area contributed by atoms with Gasteiger partial charge in [0.05, 0.1) is 0 Å². The summed E-state index contributed by atoms with van der Waals surface area (Å²) in [5.74, 6) is 0. The fourth-order valence-electron chi connectivity index (χ4n) is 1.62. The van der Waals surface area contributed by atoms with Crippen LogP contribution in [0.2, 0.25) is 5.02 Å². The zero-order valence-corrected chi connectivity index (χ0v) is 13.6. The second-order valence-electron chi connectivity index (χ2n) is 3.65. The Morgan fingerprint density at radius 2 is 1.22 bits per heavy atom. The van der Waals surface area contributed by atoms with E-state index in [1.54, 1.807) is 0 Å². The Hall–Kier alpha value is -0.220. The molecule has 0 aliphatic heterocycles. The first kappa shape index (κ1) is 14.2. The summed E-state index contributed by atoms with van der Waals surface area (Å²) < 4.78 is 1.41. The second kappa shape index (κ2) is 6.29. The van der Waals surface area contributed by atoms with Crippen molar-refractivity contribution in [2.45, 2.75) is 0 Å². The van der Waals surface area contributed by atoms with E-state index in [1.165, 1.54) is 0 Å². The number of hydrogen-bond acceptors (Lipinski definition) is 0. The molecule has 0 saturated carbocycles. The molecule has 0 fully saturated rings. The van der Waals surface area contributed by atoms with E-state index in [-0.39, 0.29) is 4.49 Å². The van der Waals surface area contributed by atoms with Crippen LogP contribution >= 0.6 is 57.4 Å². The molecule has 2 aromatic carbocycles. The fourth-order valence-corrected chi connectivity index (χ4v) is 2.54. The van der Waals surface area contributed by atoms with Crippen LogP contribution in [0.15, 0.2) is 53.0 Å². The van der Waals surface area contributed by atoms with Gasteiger partial charge in [-0.2, -0.15) is 0 Å². The quantitative estimate of drug-likeness (QED) is 0.523. The highest BCUT2D eigenvalue weighted by molar-refractivity contribution is 14.1. The summed E-state index contributed by atoms with van der Waals surface area (Å²) >= 11 is 20.1. The van der Waals surface area contributed by atoms with Gasteiger partial charge < -0.3 is 0 Å².